The van der Waals surface area contributed by atoms with Gasteiger partial charge in [-0.05, 0) is 17.7 Å². The van der Waals surface area contributed by atoms with E-state index in [1.54, 1.807) is 29.2 Å². The van der Waals surface area contributed by atoms with Gasteiger partial charge < -0.3 is 10.0 Å². The van der Waals surface area contributed by atoms with Crippen LogP contribution in [0, 0.1) is 0 Å². The maximum atomic E-state index is 12.6. The number of urea groups is 1. The first-order chi connectivity index (χ1) is 11.6. The van der Waals surface area contributed by atoms with Gasteiger partial charge in [0, 0.05) is 18.5 Å². The summed E-state index contributed by atoms with van der Waals surface area (Å²) >= 11 is 0. The van der Waals surface area contributed by atoms with Crippen molar-refractivity contribution in [2.24, 2.45) is 0 Å². The largest absolute Gasteiger partial charge is 0.383 e. The second-order valence-corrected chi connectivity index (χ2v) is 6.31. The van der Waals surface area contributed by atoms with Crippen LogP contribution in [0.5, 0.6) is 0 Å². The highest BCUT2D eigenvalue weighted by atomic mass is 16.3. The normalized spacial score (nSPS) is 25.9. The number of amides is 3. The van der Waals surface area contributed by atoms with E-state index < -0.39 is 11.6 Å². The number of benzene rings is 2. The molecule has 5 heteroatoms. The zero-order valence-electron chi connectivity index (χ0n) is 13.1. The summed E-state index contributed by atoms with van der Waals surface area (Å²) in [6.45, 7) is 0.658. The molecule has 0 radical (unpaired) electrons. The molecule has 4 rings (SSSR count). The molecule has 2 saturated heterocycles. The number of aliphatic hydroxyl groups is 1. The van der Waals surface area contributed by atoms with Crippen LogP contribution >= 0.6 is 0 Å². The van der Waals surface area contributed by atoms with Crippen molar-refractivity contribution < 1.29 is 14.7 Å². The van der Waals surface area contributed by atoms with E-state index in [9.17, 15) is 14.7 Å². The average molecular weight is 322 g/mol. The lowest BCUT2D eigenvalue weighted by atomic mass is 9.86. The molecule has 0 bridgehead atoms. The smallest absolute Gasteiger partial charge is 0.327 e. The second kappa shape index (κ2) is 5.46. The number of nitrogens with zero attached hydrogens (tertiary/aromatic N) is 2. The molecule has 2 aromatic carbocycles. The fourth-order valence-electron chi connectivity index (χ4n) is 3.73. The summed E-state index contributed by atoms with van der Waals surface area (Å²) in [4.78, 5) is 28.1. The van der Waals surface area contributed by atoms with Gasteiger partial charge in [0.25, 0.3) is 5.91 Å². The van der Waals surface area contributed by atoms with Crippen LogP contribution in [0.25, 0.3) is 0 Å². The van der Waals surface area contributed by atoms with E-state index in [4.69, 9.17) is 0 Å². The Morgan fingerprint density at radius 2 is 1.67 bits per heavy atom. The Balaban J connectivity index is 1.64. The van der Waals surface area contributed by atoms with E-state index in [2.05, 4.69) is 0 Å². The lowest BCUT2D eigenvalue weighted by molar-refractivity contribution is 0.0135. The van der Waals surface area contributed by atoms with Gasteiger partial charge in [-0.1, -0.05) is 48.5 Å². The Labute approximate surface area is 140 Å². The molecule has 2 heterocycles. The van der Waals surface area contributed by atoms with Crippen LogP contribution in [0.3, 0.4) is 0 Å². The van der Waals surface area contributed by atoms with E-state index >= 15 is 0 Å². The third-order valence-corrected chi connectivity index (χ3v) is 5.03. The lowest BCUT2D eigenvalue weighted by Crippen LogP contribution is -2.41. The van der Waals surface area contributed by atoms with Crippen LogP contribution in [0.4, 0.5) is 4.79 Å². The molecule has 24 heavy (non-hydrogen) atoms. The maximum absolute atomic E-state index is 12.6. The van der Waals surface area contributed by atoms with Crippen molar-refractivity contribution in [2.45, 2.75) is 18.1 Å². The number of carbonyl (C=O) groups excluding carboxylic acids is 2. The van der Waals surface area contributed by atoms with Crippen molar-refractivity contribution >= 4 is 11.9 Å². The molecule has 2 atom stereocenters. The van der Waals surface area contributed by atoms with E-state index in [0.29, 0.717) is 18.5 Å². The minimum Gasteiger partial charge on any atom is -0.383 e. The number of hydrogen-bond donors (Lipinski definition) is 1. The molecule has 2 aliphatic rings. The van der Waals surface area contributed by atoms with Crippen molar-refractivity contribution in [1.29, 1.82) is 0 Å². The first-order valence-electron chi connectivity index (χ1n) is 8.07. The molecule has 0 saturated carbocycles. The summed E-state index contributed by atoms with van der Waals surface area (Å²) in [5.41, 5.74) is 0.164. The number of hydrogen-bond acceptors (Lipinski definition) is 3. The van der Waals surface area contributed by atoms with Crippen LogP contribution in [-0.2, 0) is 5.60 Å². The summed E-state index contributed by atoms with van der Waals surface area (Å²) in [5.74, 6) is -0.314. The van der Waals surface area contributed by atoms with Crippen LogP contribution < -0.4 is 0 Å². The highest BCUT2D eigenvalue weighted by Crippen LogP contribution is 2.41. The van der Waals surface area contributed by atoms with Crippen molar-refractivity contribution in [3.8, 4) is 0 Å². The predicted molar refractivity (Wildman–Crippen MR) is 88.3 cm³/mol. The van der Waals surface area contributed by atoms with Crippen LogP contribution in [0.2, 0.25) is 0 Å². The summed E-state index contributed by atoms with van der Waals surface area (Å²) in [7, 11) is 0. The van der Waals surface area contributed by atoms with Gasteiger partial charge in [-0.2, -0.15) is 0 Å². The van der Waals surface area contributed by atoms with Crippen LogP contribution in [-0.4, -0.2) is 46.0 Å². The highest BCUT2D eigenvalue weighted by Gasteiger charge is 2.55. The van der Waals surface area contributed by atoms with Gasteiger partial charge in [0.1, 0.15) is 5.60 Å². The lowest BCUT2D eigenvalue weighted by Gasteiger charge is -2.29. The van der Waals surface area contributed by atoms with Gasteiger partial charge >= 0.3 is 6.03 Å². The molecular formula is C19H18N2O3. The molecular weight excluding hydrogens is 304 g/mol. The van der Waals surface area contributed by atoms with Crippen LogP contribution in [0.1, 0.15) is 22.3 Å². The summed E-state index contributed by atoms with van der Waals surface area (Å²) < 4.78 is 0. The van der Waals surface area contributed by atoms with Crippen molar-refractivity contribution in [3.05, 3.63) is 71.8 Å². The zero-order chi connectivity index (χ0) is 16.7. The fraction of sp³-hybridized carbons (Fsp3) is 0.263. The molecule has 122 valence electrons. The summed E-state index contributed by atoms with van der Waals surface area (Å²) in [6, 6.07) is 17.4. The van der Waals surface area contributed by atoms with Crippen LogP contribution in [0.15, 0.2) is 60.7 Å². The SMILES string of the molecule is O=C(c1ccccc1)N1C[C@H]2N(CC[C@]2(O)c2ccccc2)C1=O. The molecule has 0 aliphatic carbocycles. The average Bonchev–Trinajstić information content (AvgIpc) is 3.15. The quantitative estimate of drug-likeness (QED) is 0.922. The third-order valence-electron chi connectivity index (χ3n) is 5.03. The van der Waals surface area contributed by atoms with Gasteiger partial charge in [0.2, 0.25) is 0 Å². The van der Waals surface area contributed by atoms with Gasteiger partial charge in [0.15, 0.2) is 0 Å². The minimum absolute atomic E-state index is 0.206. The summed E-state index contributed by atoms with van der Waals surface area (Å²) in [5, 5.41) is 11.2. The number of carbonyl (C=O) groups is 2. The molecule has 2 aliphatic heterocycles. The first-order valence-corrected chi connectivity index (χ1v) is 8.07. The molecule has 0 unspecified atom stereocenters. The van der Waals surface area contributed by atoms with Crippen molar-refractivity contribution in [3.63, 3.8) is 0 Å². The molecule has 2 fully saturated rings. The number of imide groups is 1. The Morgan fingerprint density at radius 3 is 2.33 bits per heavy atom. The summed E-state index contributed by atoms with van der Waals surface area (Å²) in [6.07, 6.45) is 0.487. The maximum Gasteiger partial charge on any atom is 0.327 e. The van der Waals surface area contributed by atoms with E-state index in [-0.39, 0.29) is 18.5 Å². The van der Waals surface area contributed by atoms with E-state index in [1.807, 2.05) is 36.4 Å². The Kier molecular flexibility index (Phi) is 3.39. The topological polar surface area (TPSA) is 60.9 Å². The molecule has 5 nitrogen and oxygen atoms in total. The monoisotopic (exact) mass is 322 g/mol. The predicted octanol–water partition coefficient (Wildman–Crippen LogP) is 2.22. The standard InChI is InChI=1S/C19H18N2O3/c22-17(14-7-3-1-4-8-14)21-13-16-19(24,11-12-20(16)18(21)23)15-9-5-2-6-10-15/h1-10,16,24H,11-13H2/t16-,19+/m1/s1. The van der Waals surface area contributed by atoms with Gasteiger partial charge in [-0.25, -0.2) is 4.79 Å². The Morgan fingerprint density at radius 1 is 1.04 bits per heavy atom. The first kappa shape index (κ1) is 14.9. The van der Waals surface area contributed by atoms with Gasteiger partial charge in [0.05, 0.1) is 12.6 Å². The zero-order valence-corrected chi connectivity index (χ0v) is 13.1. The second-order valence-electron chi connectivity index (χ2n) is 6.31. The molecule has 2 aromatic rings. The highest BCUT2D eigenvalue weighted by molar-refractivity contribution is 6.05. The molecule has 3 amide bonds. The Hall–Kier alpha value is -2.66. The fourth-order valence-corrected chi connectivity index (χ4v) is 3.73. The molecule has 1 N–H and O–H groups in total. The third kappa shape index (κ3) is 2.12. The van der Waals surface area contributed by atoms with E-state index in [1.165, 1.54) is 4.90 Å². The van der Waals surface area contributed by atoms with Crippen molar-refractivity contribution in [2.75, 3.05) is 13.1 Å². The van der Waals surface area contributed by atoms with Gasteiger partial charge in [-0.3, -0.25) is 9.69 Å². The Bertz CT molecular complexity index is 778. The van der Waals surface area contributed by atoms with E-state index in [0.717, 1.165) is 5.56 Å². The minimum atomic E-state index is -1.11. The molecule has 0 aromatic heterocycles. The number of rotatable bonds is 2. The number of fused-ring (bicyclic) bond motifs is 1. The van der Waals surface area contributed by atoms with Gasteiger partial charge in [-0.15, -0.1) is 0 Å². The van der Waals surface area contributed by atoms with Crippen molar-refractivity contribution in [1.82, 2.24) is 9.80 Å². The molecule has 0 spiro atoms.